The summed E-state index contributed by atoms with van der Waals surface area (Å²) in [6.07, 6.45) is 2.06. The van der Waals surface area contributed by atoms with E-state index in [9.17, 15) is 19.2 Å². The Hall–Kier alpha value is -3.74. The normalized spacial score (nSPS) is 13.4. The first kappa shape index (κ1) is 20.5. The standard InChI is InChI=1S/C24H23N3O4/c1-15(28)18-5-4-6-19(13-18)26-24(31)17-9-7-16(8-10-17)14-25-20-21(23(30)22(20)29)27-11-2-3-12-27/h4-10,13,25H,2-3,11-12,14H2,1H3,(H,26,31). The van der Waals surface area contributed by atoms with Gasteiger partial charge in [-0.05, 0) is 49.6 Å². The molecule has 0 aliphatic carbocycles. The highest BCUT2D eigenvalue weighted by Gasteiger charge is 2.27. The average Bonchev–Trinajstić information content (AvgIpc) is 3.30. The molecule has 1 saturated heterocycles. The Morgan fingerprint density at radius 2 is 1.65 bits per heavy atom. The molecule has 7 nitrogen and oxygen atoms in total. The topological polar surface area (TPSA) is 95.6 Å². The number of rotatable bonds is 7. The van der Waals surface area contributed by atoms with Gasteiger partial charge in [0.25, 0.3) is 16.8 Å². The highest BCUT2D eigenvalue weighted by atomic mass is 16.2. The molecule has 31 heavy (non-hydrogen) atoms. The number of ketones is 1. The van der Waals surface area contributed by atoms with Crippen LogP contribution in [0.2, 0.25) is 0 Å². The van der Waals surface area contributed by atoms with Gasteiger partial charge in [0.15, 0.2) is 5.78 Å². The van der Waals surface area contributed by atoms with Gasteiger partial charge in [0.05, 0.1) is 0 Å². The molecule has 0 saturated carbocycles. The van der Waals surface area contributed by atoms with Crippen LogP contribution in [-0.2, 0) is 6.54 Å². The number of hydrogen-bond donors (Lipinski definition) is 2. The lowest BCUT2D eigenvalue weighted by molar-refractivity contribution is 0.101. The number of hydrogen-bond acceptors (Lipinski definition) is 6. The van der Waals surface area contributed by atoms with Crippen LogP contribution in [0.3, 0.4) is 0 Å². The Kier molecular flexibility index (Phi) is 5.66. The Bertz CT molecular complexity index is 1200. The SMILES string of the molecule is CC(=O)c1cccc(NC(=O)c2ccc(CNc3c(N4CCCC4)c(=O)c3=O)cc2)c1. The largest absolute Gasteiger partial charge is 0.376 e. The smallest absolute Gasteiger partial charge is 0.255 e. The maximum Gasteiger partial charge on any atom is 0.255 e. The molecule has 3 aromatic rings. The van der Waals surface area contributed by atoms with E-state index in [0.717, 1.165) is 31.5 Å². The molecule has 0 bridgehead atoms. The molecule has 4 rings (SSSR count). The van der Waals surface area contributed by atoms with E-state index in [4.69, 9.17) is 0 Å². The number of benzene rings is 2. The zero-order valence-electron chi connectivity index (χ0n) is 17.2. The second kappa shape index (κ2) is 8.55. The maximum absolute atomic E-state index is 12.5. The van der Waals surface area contributed by atoms with Crippen molar-refractivity contribution in [2.45, 2.75) is 26.3 Å². The molecule has 158 valence electrons. The van der Waals surface area contributed by atoms with Gasteiger partial charge in [-0.3, -0.25) is 19.2 Å². The van der Waals surface area contributed by atoms with E-state index in [1.807, 2.05) is 4.90 Å². The van der Waals surface area contributed by atoms with Crippen LogP contribution in [0.4, 0.5) is 17.1 Å². The van der Waals surface area contributed by atoms with Gasteiger partial charge in [0.1, 0.15) is 11.4 Å². The fourth-order valence-electron chi connectivity index (χ4n) is 3.77. The fourth-order valence-corrected chi connectivity index (χ4v) is 3.77. The third kappa shape index (κ3) is 4.26. The van der Waals surface area contributed by atoms with Crippen molar-refractivity contribution < 1.29 is 9.59 Å². The van der Waals surface area contributed by atoms with Gasteiger partial charge in [-0.15, -0.1) is 0 Å². The van der Waals surface area contributed by atoms with Crippen LogP contribution in [0.25, 0.3) is 0 Å². The molecule has 0 spiro atoms. The summed E-state index contributed by atoms with van der Waals surface area (Å²) in [5.41, 5.74) is 2.46. The maximum atomic E-state index is 12.5. The van der Waals surface area contributed by atoms with Gasteiger partial charge in [-0.25, -0.2) is 0 Å². The third-order valence-corrected chi connectivity index (χ3v) is 5.52. The molecular weight excluding hydrogens is 394 g/mol. The first-order chi connectivity index (χ1) is 14.9. The summed E-state index contributed by atoms with van der Waals surface area (Å²) < 4.78 is 0. The molecule has 0 unspecified atom stereocenters. The van der Waals surface area contributed by atoms with Gasteiger partial charge in [-0.1, -0.05) is 24.3 Å². The van der Waals surface area contributed by atoms with E-state index < -0.39 is 10.9 Å². The Morgan fingerprint density at radius 3 is 2.32 bits per heavy atom. The summed E-state index contributed by atoms with van der Waals surface area (Å²) in [7, 11) is 0. The quantitative estimate of drug-likeness (QED) is 0.453. The van der Waals surface area contributed by atoms with Crippen molar-refractivity contribution >= 4 is 28.8 Å². The van der Waals surface area contributed by atoms with Crippen LogP contribution in [0.15, 0.2) is 58.1 Å². The van der Waals surface area contributed by atoms with Crippen LogP contribution in [0, 0.1) is 0 Å². The van der Waals surface area contributed by atoms with E-state index in [1.165, 1.54) is 6.92 Å². The van der Waals surface area contributed by atoms with Crippen molar-refractivity contribution in [1.82, 2.24) is 0 Å². The van der Waals surface area contributed by atoms with E-state index >= 15 is 0 Å². The van der Waals surface area contributed by atoms with Crippen molar-refractivity contribution in [2.24, 2.45) is 0 Å². The summed E-state index contributed by atoms with van der Waals surface area (Å²) in [6, 6.07) is 13.8. The molecule has 1 aliphatic rings. The molecule has 1 aliphatic heterocycles. The minimum Gasteiger partial charge on any atom is -0.376 e. The van der Waals surface area contributed by atoms with Crippen molar-refractivity contribution in [2.75, 3.05) is 28.6 Å². The Labute approximate surface area is 179 Å². The second-order valence-electron chi connectivity index (χ2n) is 7.72. The van der Waals surface area contributed by atoms with Crippen molar-refractivity contribution in [1.29, 1.82) is 0 Å². The molecule has 0 atom stereocenters. The Balaban J connectivity index is 1.39. The number of carbonyl (C=O) groups excluding carboxylic acids is 2. The lowest BCUT2D eigenvalue weighted by Gasteiger charge is -2.22. The molecule has 2 N–H and O–H groups in total. The molecule has 1 amide bonds. The predicted molar refractivity (Wildman–Crippen MR) is 121 cm³/mol. The predicted octanol–water partition coefficient (Wildman–Crippen LogP) is 2.95. The van der Waals surface area contributed by atoms with E-state index in [-0.39, 0.29) is 11.7 Å². The number of Topliss-reactive ketones (excluding diaryl/α,β-unsaturated/α-hetero) is 1. The molecule has 1 heterocycles. The number of anilines is 3. The van der Waals surface area contributed by atoms with Gasteiger partial charge in [0, 0.05) is 36.4 Å². The van der Waals surface area contributed by atoms with Gasteiger partial charge in [-0.2, -0.15) is 0 Å². The minimum atomic E-state index is -0.467. The lowest BCUT2D eigenvalue weighted by atomic mass is 10.1. The van der Waals surface area contributed by atoms with E-state index in [0.29, 0.717) is 34.7 Å². The van der Waals surface area contributed by atoms with E-state index in [2.05, 4.69) is 10.6 Å². The minimum absolute atomic E-state index is 0.0670. The summed E-state index contributed by atoms with van der Waals surface area (Å²) in [4.78, 5) is 49.9. The fraction of sp³-hybridized carbons (Fsp3) is 0.250. The molecule has 0 aromatic heterocycles. The number of nitrogens with one attached hydrogen (secondary N) is 2. The molecule has 1 fully saturated rings. The van der Waals surface area contributed by atoms with Crippen molar-refractivity contribution in [3.8, 4) is 0 Å². The first-order valence-corrected chi connectivity index (χ1v) is 10.3. The number of amides is 1. The number of carbonyl (C=O) groups is 2. The summed E-state index contributed by atoms with van der Waals surface area (Å²) in [5.74, 6) is -0.346. The summed E-state index contributed by atoms with van der Waals surface area (Å²) in [6.45, 7) is 3.47. The van der Waals surface area contributed by atoms with Crippen LogP contribution < -0.4 is 26.4 Å². The highest BCUT2D eigenvalue weighted by Crippen LogP contribution is 2.24. The zero-order valence-corrected chi connectivity index (χ0v) is 17.2. The van der Waals surface area contributed by atoms with Crippen molar-refractivity contribution in [3.63, 3.8) is 0 Å². The number of nitrogens with zero attached hydrogens (tertiary/aromatic N) is 1. The molecule has 7 heteroatoms. The van der Waals surface area contributed by atoms with Crippen LogP contribution in [0.1, 0.15) is 46.0 Å². The second-order valence-corrected chi connectivity index (χ2v) is 7.72. The van der Waals surface area contributed by atoms with Gasteiger partial charge >= 0.3 is 0 Å². The van der Waals surface area contributed by atoms with Crippen LogP contribution >= 0.6 is 0 Å². The van der Waals surface area contributed by atoms with Gasteiger partial charge in [0.2, 0.25) is 0 Å². The zero-order chi connectivity index (χ0) is 22.0. The Morgan fingerprint density at radius 1 is 0.935 bits per heavy atom. The van der Waals surface area contributed by atoms with Crippen molar-refractivity contribution in [3.05, 3.63) is 85.7 Å². The first-order valence-electron chi connectivity index (χ1n) is 10.3. The molecule has 3 aromatic carbocycles. The van der Waals surface area contributed by atoms with Crippen LogP contribution in [-0.4, -0.2) is 24.8 Å². The average molecular weight is 417 g/mol. The van der Waals surface area contributed by atoms with Gasteiger partial charge < -0.3 is 15.5 Å². The monoisotopic (exact) mass is 417 g/mol. The molecular formula is C24H23N3O4. The highest BCUT2D eigenvalue weighted by molar-refractivity contribution is 6.05. The summed E-state index contributed by atoms with van der Waals surface area (Å²) in [5, 5.41) is 5.87. The third-order valence-electron chi connectivity index (χ3n) is 5.52. The molecule has 0 radical (unpaired) electrons. The lowest BCUT2D eigenvalue weighted by Crippen LogP contribution is -2.41. The summed E-state index contributed by atoms with van der Waals surface area (Å²) >= 11 is 0. The van der Waals surface area contributed by atoms with E-state index in [1.54, 1.807) is 48.5 Å². The van der Waals surface area contributed by atoms with Crippen LogP contribution in [0.5, 0.6) is 0 Å².